The van der Waals surface area contributed by atoms with E-state index in [2.05, 4.69) is 24.5 Å². The zero-order valence-electron chi connectivity index (χ0n) is 8.63. The molecule has 0 saturated heterocycles. The molecule has 0 amide bonds. The van der Waals surface area contributed by atoms with E-state index in [4.69, 9.17) is 0 Å². The van der Waals surface area contributed by atoms with Crippen molar-refractivity contribution in [2.45, 2.75) is 44.6 Å². The van der Waals surface area contributed by atoms with Gasteiger partial charge in [-0.1, -0.05) is 24.0 Å². The highest BCUT2D eigenvalue weighted by molar-refractivity contribution is 5.30. The summed E-state index contributed by atoms with van der Waals surface area (Å²) in [6.07, 6.45) is 9.79. The van der Waals surface area contributed by atoms with E-state index in [0.29, 0.717) is 6.42 Å². The summed E-state index contributed by atoms with van der Waals surface area (Å²) in [5.41, 5.74) is 1.20. The zero-order chi connectivity index (χ0) is 10.2. The van der Waals surface area contributed by atoms with Gasteiger partial charge in [-0.05, 0) is 44.1 Å². The number of aliphatic hydroxyl groups excluding tert-OH is 1. The van der Waals surface area contributed by atoms with Crippen molar-refractivity contribution in [3.05, 3.63) is 24.3 Å². The van der Waals surface area contributed by atoms with Gasteiger partial charge in [0.1, 0.15) is 6.10 Å². The van der Waals surface area contributed by atoms with Crippen molar-refractivity contribution in [3.8, 4) is 11.8 Å². The second-order valence-electron chi connectivity index (χ2n) is 3.63. The largest absolute Gasteiger partial charge is 0.380 e. The minimum absolute atomic E-state index is 0.490. The van der Waals surface area contributed by atoms with Crippen molar-refractivity contribution < 1.29 is 5.11 Å². The van der Waals surface area contributed by atoms with E-state index in [1.165, 1.54) is 18.4 Å². The van der Waals surface area contributed by atoms with Crippen molar-refractivity contribution in [1.82, 2.24) is 0 Å². The van der Waals surface area contributed by atoms with Gasteiger partial charge in [0.25, 0.3) is 0 Å². The smallest absolute Gasteiger partial charge is 0.115 e. The maximum atomic E-state index is 9.46. The summed E-state index contributed by atoms with van der Waals surface area (Å²) in [6.45, 7) is 3.61. The van der Waals surface area contributed by atoms with Crippen molar-refractivity contribution in [2.24, 2.45) is 0 Å². The number of rotatable bonds is 3. The summed E-state index contributed by atoms with van der Waals surface area (Å²) >= 11 is 0. The van der Waals surface area contributed by atoms with Crippen LogP contribution in [0.5, 0.6) is 0 Å². The quantitative estimate of drug-likeness (QED) is 0.536. The molecule has 0 heterocycles. The molecule has 0 aromatic carbocycles. The molecule has 0 fully saturated rings. The Balaban J connectivity index is 2.36. The zero-order valence-corrected chi connectivity index (χ0v) is 8.63. The van der Waals surface area contributed by atoms with Crippen LogP contribution in [-0.4, -0.2) is 11.2 Å². The van der Waals surface area contributed by atoms with Gasteiger partial charge in [-0.15, -0.1) is 6.58 Å². The summed E-state index contributed by atoms with van der Waals surface area (Å²) in [7, 11) is 0. The number of allylic oxidation sites excluding steroid dienone is 3. The summed E-state index contributed by atoms with van der Waals surface area (Å²) in [5.74, 6) is 5.93. The lowest BCUT2D eigenvalue weighted by Crippen LogP contribution is -2.01. The fraction of sp³-hybridized carbons (Fsp3) is 0.538. The second kappa shape index (κ2) is 6.45. The molecule has 0 bridgehead atoms. The molecule has 0 aromatic rings. The van der Waals surface area contributed by atoms with E-state index in [1.807, 2.05) is 6.08 Å². The Morgan fingerprint density at radius 2 is 2.43 bits per heavy atom. The Morgan fingerprint density at radius 3 is 3.07 bits per heavy atom. The fourth-order valence-corrected chi connectivity index (χ4v) is 1.48. The molecule has 0 unspecified atom stereocenters. The van der Waals surface area contributed by atoms with Crippen molar-refractivity contribution in [2.75, 3.05) is 0 Å². The van der Waals surface area contributed by atoms with Crippen LogP contribution in [0.4, 0.5) is 0 Å². The molecule has 1 N–H and O–H groups in total. The van der Waals surface area contributed by atoms with Crippen LogP contribution < -0.4 is 0 Å². The second-order valence-corrected chi connectivity index (χ2v) is 3.63. The van der Waals surface area contributed by atoms with Crippen molar-refractivity contribution in [3.63, 3.8) is 0 Å². The average molecular weight is 190 g/mol. The minimum atomic E-state index is -0.490. The van der Waals surface area contributed by atoms with E-state index >= 15 is 0 Å². The molecule has 1 nitrogen and oxygen atoms in total. The highest BCUT2D eigenvalue weighted by atomic mass is 16.3. The molecule has 1 aliphatic rings. The fourth-order valence-electron chi connectivity index (χ4n) is 1.48. The molecule has 0 spiro atoms. The van der Waals surface area contributed by atoms with Crippen LogP contribution in [-0.2, 0) is 0 Å². The first kappa shape index (κ1) is 11.1. The first-order valence-corrected chi connectivity index (χ1v) is 5.32. The SMILES string of the molecule is C=CCC[C@@H](O)C#CC1=CCCCC1. The maximum Gasteiger partial charge on any atom is 0.115 e. The van der Waals surface area contributed by atoms with E-state index in [9.17, 15) is 5.11 Å². The van der Waals surface area contributed by atoms with Crippen LogP contribution in [0.1, 0.15) is 38.5 Å². The van der Waals surface area contributed by atoms with Crippen LogP contribution in [0.2, 0.25) is 0 Å². The lowest BCUT2D eigenvalue weighted by atomic mass is 10.00. The molecule has 0 saturated carbocycles. The van der Waals surface area contributed by atoms with Gasteiger partial charge in [0, 0.05) is 0 Å². The summed E-state index contributed by atoms with van der Waals surface area (Å²) < 4.78 is 0. The van der Waals surface area contributed by atoms with Crippen molar-refractivity contribution in [1.29, 1.82) is 0 Å². The number of hydrogen-bond acceptors (Lipinski definition) is 1. The van der Waals surface area contributed by atoms with Crippen molar-refractivity contribution >= 4 is 0 Å². The highest BCUT2D eigenvalue weighted by Crippen LogP contribution is 2.16. The maximum absolute atomic E-state index is 9.46. The van der Waals surface area contributed by atoms with E-state index in [-0.39, 0.29) is 0 Å². The summed E-state index contributed by atoms with van der Waals surface area (Å²) in [6, 6.07) is 0. The van der Waals surface area contributed by atoms with Crippen LogP contribution in [0.15, 0.2) is 24.3 Å². The first-order valence-electron chi connectivity index (χ1n) is 5.32. The van der Waals surface area contributed by atoms with E-state index in [1.54, 1.807) is 0 Å². The Hall–Kier alpha value is -1.00. The lowest BCUT2D eigenvalue weighted by Gasteiger charge is -2.06. The molecule has 14 heavy (non-hydrogen) atoms. The standard InChI is InChI=1S/C13H18O/c1-2-3-9-13(14)11-10-12-7-5-4-6-8-12/h2,7,13-14H,1,3-6,8-9H2/t13-/m1/s1. The molecular formula is C13H18O. The van der Waals surface area contributed by atoms with Crippen LogP contribution in [0.25, 0.3) is 0 Å². The van der Waals surface area contributed by atoms with Gasteiger partial charge < -0.3 is 5.11 Å². The molecular weight excluding hydrogens is 172 g/mol. The Bertz CT molecular complexity index is 265. The van der Waals surface area contributed by atoms with E-state index < -0.39 is 6.10 Å². The summed E-state index contributed by atoms with van der Waals surface area (Å²) in [4.78, 5) is 0. The van der Waals surface area contributed by atoms with Gasteiger partial charge >= 0.3 is 0 Å². The molecule has 76 valence electrons. The Morgan fingerprint density at radius 1 is 1.57 bits per heavy atom. The first-order chi connectivity index (χ1) is 6.83. The predicted molar refractivity (Wildman–Crippen MR) is 59.8 cm³/mol. The van der Waals surface area contributed by atoms with E-state index in [0.717, 1.165) is 19.3 Å². The average Bonchev–Trinajstić information content (AvgIpc) is 2.25. The molecule has 0 radical (unpaired) electrons. The highest BCUT2D eigenvalue weighted by Gasteiger charge is 2.01. The topological polar surface area (TPSA) is 20.2 Å². The van der Waals surface area contributed by atoms with Gasteiger partial charge in [0.05, 0.1) is 0 Å². The molecule has 1 rings (SSSR count). The lowest BCUT2D eigenvalue weighted by molar-refractivity contribution is 0.223. The molecule has 0 aromatic heterocycles. The normalized spacial score (nSPS) is 17.6. The predicted octanol–water partition coefficient (Wildman–Crippen LogP) is 2.82. The van der Waals surface area contributed by atoms with Gasteiger partial charge in [-0.3, -0.25) is 0 Å². The summed E-state index contributed by atoms with van der Waals surface area (Å²) in [5, 5.41) is 9.46. The van der Waals surface area contributed by atoms with Gasteiger partial charge in [0.15, 0.2) is 0 Å². The molecule has 0 aliphatic heterocycles. The van der Waals surface area contributed by atoms with Crippen LogP contribution >= 0.6 is 0 Å². The van der Waals surface area contributed by atoms with Crippen LogP contribution in [0, 0.1) is 11.8 Å². The third kappa shape index (κ3) is 4.30. The monoisotopic (exact) mass is 190 g/mol. The molecule has 1 heteroatoms. The molecule has 1 aliphatic carbocycles. The third-order valence-corrected chi connectivity index (χ3v) is 2.33. The minimum Gasteiger partial charge on any atom is -0.380 e. The third-order valence-electron chi connectivity index (χ3n) is 2.33. The van der Waals surface area contributed by atoms with Gasteiger partial charge in [-0.2, -0.15) is 0 Å². The van der Waals surface area contributed by atoms with Gasteiger partial charge in [-0.25, -0.2) is 0 Å². The molecule has 1 atom stereocenters. The number of hydrogen-bond donors (Lipinski definition) is 1. The Kier molecular flexibility index (Phi) is 5.11. The van der Waals surface area contributed by atoms with Crippen LogP contribution in [0.3, 0.4) is 0 Å². The van der Waals surface area contributed by atoms with Gasteiger partial charge in [0.2, 0.25) is 0 Å². The number of aliphatic hydroxyl groups is 1. The Labute approximate surface area is 86.5 Å².